The summed E-state index contributed by atoms with van der Waals surface area (Å²) in [4.78, 5) is 48.3. The highest BCUT2D eigenvalue weighted by Crippen LogP contribution is 2.57. The fourth-order valence-corrected chi connectivity index (χ4v) is 4.43. The van der Waals surface area contributed by atoms with E-state index in [1.807, 2.05) is 0 Å². The third-order valence-electron chi connectivity index (χ3n) is 2.88. The van der Waals surface area contributed by atoms with Crippen molar-refractivity contribution in [2.45, 2.75) is 45.0 Å². The quantitative estimate of drug-likeness (QED) is 0.299. The lowest BCUT2D eigenvalue weighted by Crippen LogP contribution is -2.56. The van der Waals surface area contributed by atoms with Crippen molar-refractivity contribution in [2.24, 2.45) is 5.92 Å². The molecule has 0 aliphatic carbocycles. The monoisotopic (exact) mass is 363 g/mol. The molecule has 2 atom stereocenters. The van der Waals surface area contributed by atoms with E-state index in [0.29, 0.717) is 0 Å². The van der Waals surface area contributed by atoms with Gasteiger partial charge in [0.05, 0.1) is 6.42 Å². The van der Waals surface area contributed by atoms with Crippen LogP contribution in [0.3, 0.4) is 0 Å². The van der Waals surface area contributed by atoms with Gasteiger partial charge in [-0.15, -0.1) is 0 Å². The van der Waals surface area contributed by atoms with Gasteiger partial charge < -0.3 is 24.7 Å². The van der Waals surface area contributed by atoms with Crippen LogP contribution in [0.15, 0.2) is 0 Å². The van der Waals surface area contributed by atoms with Gasteiger partial charge in [0.2, 0.25) is 0 Å². The number of phosphoric acid groups is 1. The van der Waals surface area contributed by atoms with E-state index in [1.165, 1.54) is 6.92 Å². The normalized spacial score (nSPS) is 17.3. The fourth-order valence-electron chi connectivity index (χ4n) is 2.27. The molecule has 0 aromatic heterocycles. The number of carboxylic acids is 1. The van der Waals surface area contributed by atoms with Crippen molar-refractivity contribution in [1.82, 2.24) is 5.32 Å². The smallest absolute Gasteiger partial charge is 0.469 e. The summed E-state index contributed by atoms with van der Waals surface area (Å²) in [6, 6.07) is 0. The molecule has 0 heterocycles. The molecule has 0 spiro atoms. The van der Waals surface area contributed by atoms with Gasteiger partial charge in [0.25, 0.3) is 0 Å². The van der Waals surface area contributed by atoms with Crippen LogP contribution < -0.4 is 5.32 Å². The van der Waals surface area contributed by atoms with Crippen molar-refractivity contribution in [2.75, 3.05) is 6.54 Å². The molecule has 22 heavy (non-hydrogen) atoms. The molecular formula is C10H23NO9P2. The minimum absolute atomic E-state index is 0.0401. The average Bonchev–Trinajstić information content (AvgIpc) is 2.22. The van der Waals surface area contributed by atoms with Crippen LogP contribution >= 0.6 is 15.4 Å². The van der Waals surface area contributed by atoms with Gasteiger partial charge in [-0.3, -0.25) is 19.2 Å². The van der Waals surface area contributed by atoms with Crippen molar-refractivity contribution >= 4 is 21.4 Å². The first-order valence-corrected chi connectivity index (χ1v) is 9.66. The highest BCUT2D eigenvalue weighted by molar-refractivity contribution is 7.53. The molecule has 0 fully saturated rings. The Balaban J connectivity index is 6.05. The Morgan fingerprint density at radius 1 is 1.23 bits per heavy atom. The summed E-state index contributed by atoms with van der Waals surface area (Å²) in [5, 5.41) is 9.19. The molecule has 0 aromatic rings. The highest BCUT2D eigenvalue weighted by atomic mass is 31.2. The zero-order valence-electron chi connectivity index (χ0n) is 12.5. The Morgan fingerprint density at radius 3 is 2.00 bits per heavy atom. The second-order valence-corrected chi connectivity index (χ2v) is 8.36. The van der Waals surface area contributed by atoms with Crippen LogP contribution in [-0.4, -0.2) is 48.6 Å². The summed E-state index contributed by atoms with van der Waals surface area (Å²) in [5.41, 5.74) is 0. The second-order valence-electron chi connectivity index (χ2n) is 5.28. The van der Waals surface area contributed by atoms with E-state index in [1.54, 1.807) is 13.8 Å². The highest BCUT2D eigenvalue weighted by Gasteiger charge is 2.55. The lowest BCUT2D eigenvalue weighted by atomic mass is 9.96. The maximum Gasteiger partial charge on any atom is 0.469 e. The van der Waals surface area contributed by atoms with Crippen LogP contribution in [0.1, 0.15) is 33.6 Å². The lowest BCUT2D eigenvalue weighted by Gasteiger charge is -2.41. The Labute approximate surface area is 128 Å². The van der Waals surface area contributed by atoms with Gasteiger partial charge in [-0.25, -0.2) is 4.57 Å². The van der Waals surface area contributed by atoms with E-state index in [2.05, 4.69) is 9.84 Å². The van der Waals surface area contributed by atoms with Crippen LogP contribution in [0.5, 0.6) is 0 Å². The third kappa shape index (κ3) is 6.44. The third-order valence-corrected chi connectivity index (χ3v) is 5.08. The van der Waals surface area contributed by atoms with Gasteiger partial charge in [-0.05, 0) is 18.9 Å². The predicted molar refractivity (Wildman–Crippen MR) is 77.1 cm³/mol. The minimum atomic E-state index is -5.16. The number of hydrogen-bond donors (Lipinski definition) is 6. The molecule has 0 aromatic carbocycles. The van der Waals surface area contributed by atoms with Gasteiger partial charge in [-0.1, -0.05) is 20.8 Å². The summed E-state index contributed by atoms with van der Waals surface area (Å²) in [5.74, 6) is -1.80. The molecule has 0 rings (SSSR count). The van der Waals surface area contributed by atoms with Gasteiger partial charge in [0, 0.05) is 0 Å². The van der Waals surface area contributed by atoms with Gasteiger partial charge in [0.1, 0.15) is 11.4 Å². The van der Waals surface area contributed by atoms with Gasteiger partial charge in [0.15, 0.2) is 0 Å². The molecule has 0 amide bonds. The van der Waals surface area contributed by atoms with E-state index >= 15 is 0 Å². The number of nitrogens with one attached hydrogen (secondary N) is 1. The molecule has 0 aliphatic rings. The SMILES string of the molecule is CCN[C@@](CC(C)C)([C@H](CC(=O)O)OP(=O)(O)O)P(=O)(O)O. The molecule has 132 valence electrons. The van der Waals surface area contributed by atoms with Crippen LogP contribution in [0.2, 0.25) is 0 Å². The molecule has 0 unspecified atom stereocenters. The average molecular weight is 363 g/mol. The number of likely N-dealkylation sites (N-methyl/N-ethyl adjacent to an activating group) is 1. The number of carbonyl (C=O) groups is 1. The molecule has 0 saturated carbocycles. The number of phosphoric ester groups is 1. The maximum atomic E-state index is 12.0. The van der Waals surface area contributed by atoms with Crippen LogP contribution in [0.25, 0.3) is 0 Å². The molecule has 12 heteroatoms. The molecule has 0 radical (unpaired) electrons. The number of hydrogen-bond acceptors (Lipinski definition) is 5. The van der Waals surface area contributed by atoms with Crippen LogP contribution in [0.4, 0.5) is 0 Å². The Kier molecular flexibility index (Phi) is 7.87. The summed E-state index contributed by atoms with van der Waals surface area (Å²) in [7, 11) is -10.2. The van der Waals surface area contributed by atoms with Crippen molar-refractivity contribution < 1.29 is 43.1 Å². The van der Waals surface area contributed by atoms with Crippen molar-refractivity contribution in [1.29, 1.82) is 0 Å². The number of aliphatic carboxylic acids is 1. The predicted octanol–water partition coefficient (Wildman–Crippen LogP) is 0.469. The first-order chi connectivity index (χ1) is 9.75. The minimum Gasteiger partial charge on any atom is -0.481 e. The van der Waals surface area contributed by atoms with E-state index in [-0.39, 0.29) is 18.9 Å². The van der Waals surface area contributed by atoms with Gasteiger partial charge in [-0.2, -0.15) is 0 Å². The lowest BCUT2D eigenvalue weighted by molar-refractivity contribution is -0.139. The maximum absolute atomic E-state index is 12.0. The van der Waals surface area contributed by atoms with Crippen molar-refractivity contribution in [3.8, 4) is 0 Å². The number of rotatable bonds is 10. The molecular weight excluding hydrogens is 340 g/mol. The summed E-state index contributed by atoms with van der Waals surface area (Å²) in [6.07, 6.45) is -3.12. The van der Waals surface area contributed by atoms with Crippen LogP contribution in [0, 0.1) is 5.92 Å². The zero-order chi connectivity index (χ0) is 17.8. The summed E-state index contributed by atoms with van der Waals surface area (Å²) >= 11 is 0. The largest absolute Gasteiger partial charge is 0.481 e. The molecule has 10 nitrogen and oxygen atoms in total. The van der Waals surface area contributed by atoms with Gasteiger partial charge >= 0.3 is 21.4 Å². The first kappa shape index (κ1) is 21.7. The Bertz CT molecular complexity index is 471. The topological polar surface area (TPSA) is 174 Å². The fraction of sp³-hybridized carbons (Fsp3) is 0.900. The summed E-state index contributed by atoms with van der Waals surface area (Å²) < 4.78 is 27.5. The molecule has 6 N–H and O–H groups in total. The van der Waals surface area contributed by atoms with Crippen molar-refractivity contribution in [3.05, 3.63) is 0 Å². The standard InChI is InChI=1S/C10H23NO9P2/c1-4-11-10(6-7(2)3,21(14,15)16)8(5-9(12)13)20-22(17,18)19/h7-8,11H,4-6H2,1-3H3,(H,12,13)(H2,14,15,16)(H2,17,18,19)/t8-,10+/m0/s1. The second kappa shape index (κ2) is 7.99. The van der Waals surface area contributed by atoms with E-state index in [9.17, 15) is 23.7 Å². The summed E-state index contributed by atoms with van der Waals surface area (Å²) in [6.45, 7) is 4.84. The molecule has 0 aliphatic heterocycles. The molecule has 0 bridgehead atoms. The Hall–Kier alpha value is -0.310. The molecule has 0 saturated heterocycles. The van der Waals surface area contributed by atoms with Crippen LogP contribution in [-0.2, 0) is 18.4 Å². The van der Waals surface area contributed by atoms with E-state index < -0.39 is 39.2 Å². The van der Waals surface area contributed by atoms with E-state index in [0.717, 1.165) is 0 Å². The zero-order valence-corrected chi connectivity index (χ0v) is 14.3. The first-order valence-electron chi connectivity index (χ1n) is 6.51. The number of carboxylic acid groups (broad SMARTS) is 1. The van der Waals surface area contributed by atoms with Crippen molar-refractivity contribution in [3.63, 3.8) is 0 Å². The van der Waals surface area contributed by atoms with E-state index in [4.69, 9.17) is 14.9 Å². The Morgan fingerprint density at radius 2 is 1.73 bits per heavy atom.